The first-order valence-corrected chi connectivity index (χ1v) is 7.72. The minimum absolute atomic E-state index is 0.322. The van der Waals surface area contributed by atoms with Gasteiger partial charge in [-0.05, 0) is 54.2 Å². The van der Waals surface area contributed by atoms with Crippen molar-refractivity contribution >= 4 is 15.9 Å². The van der Waals surface area contributed by atoms with Crippen molar-refractivity contribution in [3.05, 3.63) is 34.9 Å². The zero-order valence-electron chi connectivity index (χ0n) is 11.2. The molecule has 0 aromatic heterocycles. The van der Waals surface area contributed by atoms with E-state index in [-0.39, 0.29) is 0 Å². The van der Waals surface area contributed by atoms with Gasteiger partial charge in [0, 0.05) is 4.83 Å². The molecule has 0 radical (unpaired) electrons. The van der Waals surface area contributed by atoms with Crippen LogP contribution in [0.1, 0.15) is 61.6 Å². The maximum Gasteiger partial charge on any atom is 0.0446 e. The maximum atomic E-state index is 3.90. The van der Waals surface area contributed by atoms with E-state index in [9.17, 15) is 0 Å². The molecule has 0 N–H and O–H groups in total. The second kappa shape index (κ2) is 5.14. The molecule has 0 saturated heterocycles. The summed E-state index contributed by atoms with van der Waals surface area (Å²) in [5, 5.41) is 0. The summed E-state index contributed by atoms with van der Waals surface area (Å²) >= 11 is 3.90. The molecule has 0 heterocycles. The van der Waals surface area contributed by atoms with Gasteiger partial charge in [-0.25, -0.2) is 0 Å². The fourth-order valence-corrected chi connectivity index (χ4v) is 3.15. The highest BCUT2D eigenvalue weighted by molar-refractivity contribution is 9.09. The summed E-state index contributed by atoms with van der Waals surface area (Å²) in [4.78, 5) is 0.465. The largest absolute Gasteiger partial charge is 0.0833 e. The molecule has 1 atom stereocenters. The molecule has 1 unspecified atom stereocenters. The van der Waals surface area contributed by atoms with Crippen LogP contribution in [0.15, 0.2) is 18.2 Å². The average Bonchev–Trinajstić information content (AvgIpc) is 2.37. The van der Waals surface area contributed by atoms with Gasteiger partial charge in [0.15, 0.2) is 0 Å². The van der Waals surface area contributed by atoms with Crippen LogP contribution in [-0.2, 0) is 12.8 Å². The molecule has 0 saturated carbocycles. The fourth-order valence-electron chi connectivity index (χ4n) is 2.54. The van der Waals surface area contributed by atoms with Gasteiger partial charge >= 0.3 is 0 Å². The second-order valence-electron chi connectivity index (χ2n) is 5.94. The highest BCUT2D eigenvalue weighted by atomic mass is 79.9. The van der Waals surface area contributed by atoms with Gasteiger partial charge in [0.1, 0.15) is 0 Å². The third-order valence-corrected chi connectivity index (χ3v) is 6.03. The molecule has 1 aromatic rings. The SMILES string of the molecule is CCC(C)(C)C(Br)c1ccc2c(c1)CCCC2. The van der Waals surface area contributed by atoms with E-state index in [0.29, 0.717) is 10.2 Å². The van der Waals surface area contributed by atoms with Crippen LogP contribution in [-0.4, -0.2) is 0 Å². The first kappa shape index (κ1) is 13.1. The summed E-state index contributed by atoms with van der Waals surface area (Å²) in [5.74, 6) is 0. The minimum Gasteiger partial charge on any atom is -0.0833 e. The Hall–Kier alpha value is -0.300. The predicted octanol–water partition coefficient (Wildman–Crippen LogP) is 5.44. The van der Waals surface area contributed by atoms with Crippen LogP contribution in [0.4, 0.5) is 0 Å². The maximum absolute atomic E-state index is 3.90. The molecule has 1 heteroatoms. The van der Waals surface area contributed by atoms with Crippen LogP contribution < -0.4 is 0 Å². The Morgan fingerprint density at radius 1 is 1.18 bits per heavy atom. The van der Waals surface area contributed by atoms with E-state index in [1.54, 1.807) is 11.1 Å². The van der Waals surface area contributed by atoms with Crippen molar-refractivity contribution in [1.82, 2.24) is 0 Å². The van der Waals surface area contributed by atoms with Crippen LogP contribution in [0.5, 0.6) is 0 Å². The van der Waals surface area contributed by atoms with Crippen molar-refractivity contribution in [3.8, 4) is 0 Å². The quantitative estimate of drug-likeness (QED) is 0.651. The molecular weight excluding hydrogens is 272 g/mol. The number of halogens is 1. The smallest absolute Gasteiger partial charge is 0.0446 e. The Bertz CT molecular complexity index is 393. The lowest BCUT2D eigenvalue weighted by molar-refractivity contribution is 0.346. The Kier molecular flexibility index (Phi) is 3.97. The molecule has 2 rings (SSSR count). The third-order valence-electron chi connectivity index (χ3n) is 4.26. The van der Waals surface area contributed by atoms with Gasteiger partial charge in [-0.3, -0.25) is 0 Å². The molecule has 17 heavy (non-hydrogen) atoms. The Labute approximate surface area is 114 Å². The zero-order valence-corrected chi connectivity index (χ0v) is 12.8. The van der Waals surface area contributed by atoms with E-state index in [2.05, 4.69) is 54.9 Å². The molecular formula is C16H23Br. The number of aryl methyl sites for hydroxylation is 2. The van der Waals surface area contributed by atoms with Crippen LogP contribution in [0.2, 0.25) is 0 Å². The molecule has 0 bridgehead atoms. The highest BCUT2D eigenvalue weighted by Gasteiger charge is 2.27. The lowest BCUT2D eigenvalue weighted by Crippen LogP contribution is -2.17. The first-order valence-electron chi connectivity index (χ1n) is 6.80. The third kappa shape index (κ3) is 2.76. The Balaban J connectivity index is 2.28. The molecule has 1 aliphatic rings. The van der Waals surface area contributed by atoms with Crippen molar-refractivity contribution in [1.29, 1.82) is 0 Å². The molecule has 1 aromatic carbocycles. The van der Waals surface area contributed by atoms with Gasteiger partial charge in [-0.1, -0.05) is 54.9 Å². The van der Waals surface area contributed by atoms with Crippen molar-refractivity contribution in [2.75, 3.05) is 0 Å². The number of benzene rings is 1. The van der Waals surface area contributed by atoms with Gasteiger partial charge in [-0.2, -0.15) is 0 Å². The van der Waals surface area contributed by atoms with Crippen molar-refractivity contribution in [2.24, 2.45) is 5.41 Å². The van der Waals surface area contributed by atoms with Crippen LogP contribution in [0.3, 0.4) is 0 Å². The molecule has 0 fully saturated rings. The Morgan fingerprint density at radius 3 is 2.47 bits per heavy atom. The lowest BCUT2D eigenvalue weighted by atomic mass is 9.81. The van der Waals surface area contributed by atoms with Gasteiger partial charge in [0.05, 0.1) is 0 Å². The molecule has 0 aliphatic heterocycles. The van der Waals surface area contributed by atoms with Gasteiger partial charge < -0.3 is 0 Å². The summed E-state index contributed by atoms with van der Waals surface area (Å²) < 4.78 is 0. The highest BCUT2D eigenvalue weighted by Crippen LogP contribution is 2.43. The second-order valence-corrected chi connectivity index (χ2v) is 6.86. The molecule has 1 aliphatic carbocycles. The molecule has 0 amide bonds. The predicted molar refractivity (Wildman–Crippen MR) is 78.8 cm³/mol. The lowest BCUT2D eigenvalue weighted by Gasteiger charge is -2.30. The normalized spacial score (nSPS) is 17.6. The summed E-state index contributed by atoms with van der Waals surface area (Å²) in [6.45, 7) is 6.95. The summed E-state index contributed by atoms with van der Waals surface area (Å²) in [6, 6.07) is 7.11. The van der Waals surface area contributed by atoms with E-state index < -0.39 is 0 Å². The van der Waals surface area contributed by atoms with E-state index in [1.807, 2.05) is 0 Å². The van der Waals surface area contributed by atoms with Gasteiger partial charge in [0.25, 0.3) is 0 Å². The van der Waals surface area contributed by atoms with Crippen LogP contribution in [0, 0.1) is 5.41 Å². The average molecular weight is 295 g/mol. The van der Waals surface area contributed by atoms with Gasteiger partial charge in [0.2, 0.25) is 0 Å². The molecule has 0 nitrogen and oxygen atoms in total. The first-order chi connectivity index (χ1) is 8.04. The van der Waals surface area contributed by atoms with E-state index in [1.165, 1.54) is 37.7 Å². The number of alkyl halides is 1. The minimum atomic E-state index is 0.322. The molecule has 0 spiro atoms. The van der Waals surface area contributed by atoms with E-state index in [4.69, 9.17) is 0 Å². The summed E-state index contributed by atoms with van der Waals surface area (Å²) in [6.07, 6.45) is 6.47. The van der Waals surface area contributed by atoms with Crippen molar-refractivity contribution < 1.29 is 0 Å². The fraction of sp³-hybridized carbons (Fsp3) is 0.625. The van der Waals surface area contributed by atoms with Crippen LogP contribution >= 0.6 is 15.9 Å². The summed E-state index contributed by atoms with van der Waals surface area (Å²) in [7, 11) is 0. The standard InChI is InChI=1S/C16H23Br/c1-4-16(2,3)15(17)14-10-9-12-7-5-6-8-13(12)11-14/h9-11,15H,4-8H2,1-3H3. The van der Waals surface area contributed by atoms with Crippen LogP contribution in [0.25, 0.3) is 0 Å². The Morgan fingerprint density at radius 2 is 1.82 bits per heavy atom. The van der Waals surface area contributed by atoms with E-state index in [0.717, 1.165) is 0 Å². The molecule has 94 valence electrons. The monoisotopic (exact) mass is 294 g/mol. The number of rotatable bonds is 3. The van der Waals surface area contributed by atoms with Crippen molar-refractivity contribution in [3.63, 3.8) is 0 Å². The summed E-state index contributed by atoms with van der Waals surface area (Å²) in [5.41, 5.74) is 4.94. The van der Waals surface area contributed by atoms with Crippen molar-refractivity contribution in [2.45, 2.75) is 57.7 Å². The van der Waals surface area contributed by atoms with E-state index >= 15 is 0 Å². The zero-order chi connectivity index (χ0) is 12.5. The topological polar surface area (TPSA) is 0 Å². The van der Waals surface area contributed by atoms with Gasteiger partial charge in [-0.15, -0.1) is 0 Å². The number of hydrogen-bond donors (Lipinski definition) is 0. The number of fused-ring (bicyclic) bond motifs is 1. The number of hydrogen-bond acceptors (Lipinski definition) is 0.